The molecule has 1 aliphatic rings. The highest BCUT2D eigenvalue weighted by molar-refractivity contribution is 5.97. The van der Waals surface area contributed by atoms with E-state index in [0.29, 0.717) is 6.54 Å². The molecule has 0 bridgehead atoms. The molecule has 0 radical (unpaired) electrons. The van der Waals surface area contributed by atoms with Crippen LogP contribution in [0.5, 0.6) is 0 Å². The van der Waals surface area contributed by atoms with E-state index < -0.39 is 17.5 Å². The van der Waals surface area contributed by atoms with Crippen molar-refractivity contribution in [3.8, 4) is 0 Å². The number of amides is 2. The van der Waals surface area contributed by atoms with Gasteiger partial charge in [0.05, 0.1) is 6.61 Å². The topological polar surface area (TPSA) is 91.5 Å². The second-order valence-corrected chi connectivity index (χ2v) is 5.44. The van der Waals surface area contributed by atoms with Crippen molar-refractivity contribution in [1.82, 2.24) is 9.88 Å². The van der Waals surface area contributed by atoms with Gasteiger partial charge in [0.1, 0.15) is 18.3 Å². The van der Waals surface area contributed by atoms with Crippen molar-refractivity contribution in [3.63, 3.8) is 0 Å². The maximum Gasteiger partial charge on any atom is 0.271 e. The molecule has 124 valence electrons. The lowest BCUT2D eigenvalue weighted by Gasteiger charge is -2.34. The van der Waals surface area contributed by atoms with Gasteiger partial charge in [0.15, 0.2) is 0 Å². The number of carbonyl (C=O) groups excluding carboxylic acids is 2. The van der Waals surface area contributed by atoms with Gasteiger partial charge in [0.2, 0.25) is 11.8 Å². The van der Waals surface area contributed by atoms with Gasteiger partial charge in [-0.3, -0.25) is 14.4 Å². The number of rotatable bonds is 4. The zero-order valence-corrected chi connectivity index (χ0v) is 12.9. The Labute approximate surface area is 138 Å². The normalized spacial score (nSPS) is 17.6. The molecule has 2 aromatic rings. The van der Waals surface area contributed by atoms with E-state index in [1.807, 2.05) is 30.3 Å². The second-order valence-electron chi connectivity index (χ2n) is 5.44. The third-order valence-electron chi connectivity index (χ3n) is 3.77. The SMILES string of the molecule is O=C(Nc1ccc[nH]c1=O)[C@@H]1COCC(=O)N1Cc1ccccc1. The predicted molar refractivity (Wildman–Crippen MR) is 87.3 cm³/mol. The highest BCUT2D eigenvalue weighted by atomic mass is 16.5. The van der Waals surface area contributed by atoms with Crippen LogP contribution in [0.2, 0.25) is 0 Å². The van der Waals surface area contributed by atoms with Gasteiger partial charge >= 0.3 is 0 Å². The Bertz CT molecular complexity index is 788. The lowest BCUT2D eigenvalue weighted by Crippen LogP contribution is -2.54. The molecule has 2 heterocycles. The van der Waals surface area contributed by atoms with Gasteiger partial charge in [-0.25, -0.2) is 0 Å². The number of carbonyl (C=O) groups is 2. The molecule has 1 fully saturated rings. The highest BCUT2D eigenvalue weighted by Gasteiger charge is 2.34. The van der Waals surface area contributed by atoms with Crippen LogP contribution in [-0.4, -0.2) is 41.0 Å². The summed E-state index contributed by atoms with van der Waals surface area (Å²) in [7, 11) is 0. The van der Waals surface area contributed by atoms with Gasteiger partial charge < -0.3 is 19.9 Å². The van der Waals surface area contributed by atoms with Crippen molar-refractivity contribution in [2.75, 3.05) is 18.5 Å². The quantitative estimate of drug-likeness (QED) is 0.866. The number of nitrogens with one attached hydrogen (secondary N) is 2. The van der Waals surface area contributed by atoms with Crippen molar-refractivity contribution in [2.24, 2.45) is 0 Å². The van der Waals surface area contributed by atoms with Crippen LogP contribution >= 0.6 is 0 Å². The first-order chi connectivity index (χ1) is 11.6. The van der Waals surface area contributed by atoms with E-state index >= 15 is 0 Å². The maximum absolute atomic E-state index is 12.5. The number of aromatic amines is 1. The number of aromatic nitrogens is 1. The molecule has 1 aromatic heterocycles. The molecule has 24 heavy (non-hydrogen) atoms. The van der Waals surface area contributed by atoms with E-state index in [1.54, 1.807) is 6.07 Å². The number of nitrogens with zero attached hydrogens (tertiary/aromatic N) is 1. The third kappa shape index (κ3) is 3.52. The Hall–Kier alpha value is -2.93. The number of hydrogen-bond acceptors (Lipinski definition) is 4. The summed E-state index contributed by atoms with van der Waals surface area (Å²) in [6, 6.07) is 11.7. The summed E-state index contributed by atoms with van der Waals surface area (Å²) in [5.74, 6) is -0.706. The fraction of sp³-hybridized carbons (Fsp3) is 0.235. The Kier molecular flexibility index (Phi) is 4.72. The number of anilines is 1. The Morgan fingerprint density at radius 2 is 2.00 bits per heavy atom. The van der Waals surface area contributed by atoms with Crippen LogP contribution in [0, 0.1) is 0 Å². The lowest BCUT2D eigenvalue weighted by atomic mass is 10.1. The Morgan fingerprint density at radius 3 is 2.75 bits per heavy atom. The van der Waals surface area contributed by atoms with E-state index in [4.69, 9.17) is 4.74 Å². The monoisotopic (exact) mass is 327 g/mol. The maximum atomic E-state index is 12.5. The van der Waals surface area contributed by atoms with Crippen molar-refractivity contribution >= 4 is 17.5 Å². The molecule has 0 spiro atoms. The molecule has 1 aliphatic heterocycles. The second kappa shape index (κ2) is 7.10. The summed E-state index contributed by atoms with van der Waals surface area (Å²) in [5.41, 5.74) is 0.659. The van der Waals surface area contributed by atoms with E-state index in [-0.39, 0.29) is 24.8 Å². The number of H-pyrrole nitrogens is 1. The van der Waals surface area contributed by atoms with Crippen LogP contribution in [-0.2, 0) is 20.9 Å². The van der Waals surface area contributed by atoms with Gasteiger partial charge in [-0.05, 0) is 17.7 Å². The summed E-state index contributed by atoms with van der Waals surface area (Å²) in [5, 5.41) is 2.56. The largest absolute Gasteiger partial charge is 0.369 e. The molecule has 2 N–H and O–H groups in total. The van der Waals surface area contributed by atoms with E-state index in [9.17, 15) is 14.4 Å². The average Bonchev–Trinajstić information content (AvgIpc) is 2.59. The van der Waals surface area contributed by atoms with Crippen LogP contribution < -0.4 is 10.9 Å². The summed E-state index contributed by atoms with van der Waals surface area (Å²) in [6.07, 6.45) is 1.48. The molecule has 2 amide bonds. The number of pyridine rings is 1. The molecule has 1 saturated heterocycles. The van der Waals surface area contributed by atoms with Gasteiger partial charge in [0, 0.05) is 12.7 Å². The van der Waals surface area contributed by atoms with Crippen LogP contribution in [0.3, 0.4) is 0 Å². The molecule has 3 rings (SSSR count). The van der Waals surface area contributed by atoms with Gasteiger partial charge in [-0.2, -0.15) is 0 Å². The highest BCUT2D eigenvalue weighted by Crippen LogP contribution is 2.15. The summed E-state index contributed by atoms with van der Waals surface area (Å²) >= 11 is 0. The summed E-state index contributed by atoms with van der Waals surface area (Å²) in [6.45, 7) is 0.351. The summed E-state index contributed by atoms with van der Waals surface area (Å²) < 4.78 is 5.21. The lowest BCUT2D eigenvalue weighted by molar-refractivity contribution is -0.154. The first-order valence-corrected chi connectivity index (χ1v) is 7.55. The first-order valence-electron chi connectivity index (χ1n) is 7.55. The van der Waals surface area contributed by atoms with Crippen LogP contribution in [0.25, 0.3) is 0 Å². The minimum absolute atomic E-state index is 0.0530. The van der Waals surface area contributed by atoms with Crippen molar-refractivity contribution in [1.29, 1.82) is 0 Å². The number of ether oxygens (including phenoxy) is 1. The molecular weight excluding hydrogens is 310 g/mol. The van der Waals surface area contributed by atoms with Crippen molar-refractivity contribution < 1.29 is 14.3 Å². The number of hydrogen-bond donors (Lipinski definition) is 2. The standard InChI is InChI=1S/C17H17N3O4/c21-15-11-24-10-14(20(15)9-12-5-2-1-3-6-12)17(23)19-13-7-4-8-18-16(13)22/h1-8,14H,9-11H2,(H,18,22)(H,19,23)/t14-/m0/s1. The fourth-order valence-electron chi connectivity index (χ4n) is 2.54. The minimum atomic E-state index is -0.786. The molecule has 0 unspecified atom stereocenters. The van der Waals surface area contributed by atoms with E-state index in [2.05, 4.69) is 10.3 Å². The Morgan fingerprint density at radius 1 is 1.21 bits per heavy atom. The average molecular weight is 327 g/mol. The fourth-order valence-corrected chi connectivity index (χ4v) is 2.54. The molecule has 0 aliphatic carbocycles. The molecule has 7 nitrogen and oxygen atoms in total. The molecule has 7 heteroatoms. The van der Waals surface area contributed by atoms with E-state index in [1.165, 1.54) is 17.2 Å². The smallest absolute Gasteiger partial charge is 0.271 e. The first kappa shape index (κ1) is 15.9. The molecule has 1 aromatic carbocycles. The zero-order chi connectivity index (χ0) is 16.9. The van der Waals surface area contributed by atoms with E-state index in [0.717, 1.165) is 5.56 Å². The molecular formula is C17H17N3O4. The van der Waals surface area contributed by atoms with Crippen LogP contribution in [0.4, 0.5) is 5.69 Å². The Balaban J connectivity index is 1.78. The number of morpholine rings is 1. The van der Waals surface area contributed by atoms with Gasteiger partial charge in [-0.1, -0.05) is 30.3 Å². The van der Waals surface area contributed by atoms with Crippen molar-refractivity contribution in [2.45, 2.75) is 12.6 Å². The van der Waals surface area contributed by atoms with Gasteiger partial charge in [0.25, 0.3) is 5.56 Å². The van der Waals surface area contributed by atoms with Gasteiger partial charge in [-0.15, -0.1) is 0 Å². The van der Waals surface area contributed by atoms with Crippen LogP contribution in [0.15, 0.2) is 53.5 Å². The molecule has 1 atom stereocenters. The molecule has 0 saturated carbocycles. The summed E-state index contributed by atoms with van der Waals surface area (Å²) in [4.78, 5) is 40.4. The van der Waals surface area contributed by atoms with Crippen LogP contribution in [0.1, 0.15) is 5.56 Å². The third-order valence-corrected chi connectivity index (χ3v) is 3.77. The van der Waals surface area contributed by atoms with Crippen molar-refractivity contribution in [3.05, 3.63) is 64.6 Å². The zero-order valence-electron chi connectivity index (χ0n) is 12.9. The predicted octanol–water partition coefficient (Wildman–Crippen LogP) is 0.741. The minimum Gasteiger partial charge on any atom is -0.369 e. The number of benzene rings is 1.